The number of carbonyl (C=O) groups excluding carboxylic acids is 1. The van der Waals surface area contributed by atoms with Crippen LogP contribution in [0, 0.1) is 5.92 Å². The number of rotatable bonds is 3. The van der Waals surface area contributed by atoms with Gasteiger partial charge in [0.25, 0.3) is 5.91 Å². The van der Waals surface area contributed by atoms with E-state index in [1.165, 1.54) is 11.3 Å². The lowest BCUT2D eigenvalue weighted by atomic mass is 10.0. The molecule has 0 bridgehead atoms. The molecular formula is C14H16N2O2S. The summed E-state index contributed by atoms with van der Waals surface area (Å²) < 4.78 is 1.03. The summed E-state index contributed by atoms with van der Waals surface area (Å²) in [7, 11) is 0. The van der Waals surface area contributed by atoms with Crippen molar-refractivity contribution >= 4 is 27.5 Å². The highest BCUT2D eigenvalue weighted by molar-refractivity contribution is 7.16. The van der Waals surface area contributed by atoms with Gasteiger partial charge in [-0.05, 0) is 31.0 Å². The Balaban J connectivity index is 1.76. The van der Waals surface area contributed by atoms with E-state index in [1.807, 2.05) is 12.1 Å². The van der Waals surface area contributed by atoms with E-state index in [4.69, 9.17) is 0 Å². The Bertz CT molecular complexity index is 596. The topological polar surface area (TPSA) is 62.2 Å². The third-order valence-corrected chi connectivity index (χ3v) is 4.60. The number of hydrogen-bond donors (Lipinski definition) is 2. The van der Waals surface area contributed by atoms with E-state index in [9.17, 15) is 9.90 Å². The summed E-state index contributed by atoms with van der Waals surface area (Å²) in [4.78, 5) is 16.4. The average Bonchev–Trinajstić information content (AvgIpc) is 3.05. The molecule has 0 radical (unpaired) electrons. The highest BCUT2D eigenvalue weighted by atomic mass is 32.1. The molecule has 0 saturated heterocycles. The lowest BCUT2D eigenvalue weighted by Crippen LogP contribution is -2.38. The Kier molecular flexibility index (Phi) is 3.48. The minimum absolute atomic E-state index is 0.0550. The van der Waals surface area contributed by atoms with Gasteiger partial charge >= 0.3 is 0 Å². The van der Waals surface area contributed by atoms with Crippen LogP contribution in [0.4, 0.5) is 0 Å². The van der Waals surface area contributed by atoms with Crippen molar-refractivity contribution in [2.45, 2.75) is 25.3 Å². The summed E-state index contributed by atoms with van der Waals surface area (Å²) in [5.74, 6) is 0.150. The third kappa shape index (κ3) is 2.48. The molecule has 2 N–H and O–H groups in total. The number of carbonyl (C=O) groups is 1. The molecule has 4 nitrogen and oxygen atoms in total. The van der Waals surface area contributed by atoms with Gasteiger partial charge in [-0.2, -0.15) is 0 Å². The highest BCUT2D eigenvalue weighted by Gasteiger charge is 2.28. The van der Waals surface area contributed by atoms with Crippen LogP contribution in [0.25, 0.3) is 10.2 Å². The summed E-state index contributed by atoms with van der Waals surface area (Å²) in [6.45, 7) is 0.152. The smallest absolute Gasteiger partial charge is 0.251 e. The van der Waals surface area contributed by atoms with Crippen molar-refractivity contribution in [3.63, 3.8) is 0 Å². The summed E-state index contributed by atoms with van der Waals surface area (Å²) in [6, 6.07) is 5.67. The van der Waals surface area contributed by atoms with Crippen LogP contribution in [0.15, 0.2) is 23.7 Å². The molecule has 2 atom stereocenters. The van der Waals surface area contributed by atoms with Gasteiger partial charge in [-0.3, -0.25) is 4.79 Å². The first kappa shape index (κ1) is 12.6. The number of amides is 1. The molecule has 2 aromatic rings. The molecular weight excluding hydrogens is 260 g/mol. The van der Waals surface area contributed by atoms with Crippen LogP contribution in [0.2, 0.25) is 0 Å². The van der Waals surface area contributed by atoms with Crippen molar-refractivity contribution in [1.29, 1.82) is 0 Å². The first-order valence-electron chi connectivity index (χ1n) is 6.53. The van der Waals surface area contributed by atoms with Crippen LogP contribution in [0.1, 0.15) is 29.6 Å². The van der Waals surface area contributed by atoms with Crippen molar-refractivity contribution < 1.29 is 9.90 Å². The van der Waals surface area contributed by atoms with Gasteiger partial charge in [0.05, 0.1) is 15.7 Å². The van der Waals surface area contributed by atoms with Crippen molar-refractivity contribution in [3.05, 3.63) is 29.3 Å². The molecule has 1 aliphatic carbocycles. The molecule has 3 rings (SSSR count). The number of aliphatic hydroxyl groups is 1. The Hall–Kier alpha value is -1.46. The zero-order valence-corrected chi connectivity index (χ0v) is 11.3. The lowest BCUT2D eigenvalue weighted by Gasteiger charge is -2.18. The fraction of sp³-hybridized carbons (Fsp3) is 0.429. The summed E-state index contributed by atoms with van der Waals surface area (Å²) >= 11 is 1.54. The van der Waals surface area contributed by atoms with E-state index >= 15 is 0 Å². The number of aliphatic hydroxyl groups excluding tert-OH is 1. The zero-order valence-electron chi connectivity index (χ0n) is 10.5. The first-order valence-corrected chi connectivity index (χ1v) is 7.41. The maximum atomic E-state index is 12.2. The largest absolute Gasteiger partial charge is 0.396 e. The molecule has 1 aromatic carbocycles. The van der Waals surface area contributed by atoms with E-state index < -0.39 is 0 Å². The summed E-state index contributed by atoms with van der Waals surface area (Å²) in [5, 5.41) is 12.3. The van der Waals surface area contributed by atoms with Crippen LogP contribution in [0.5, 0.6) is 0 Å². The number of aromatic nitrogens is 1. The molecule has 1 heterocycles. The van der Waals surface area contributed by atoms with Gasteiger partial charge in [-0.15, -0.1) is 11.3 Å². The van der Waals surface area contributed by atoms with Gasteiger partial charge in [0, 0.05) is 24.1 Å². The second-order valence-corrected chi connectivity index (χ2v) is 5.87. The molecule has 1 amide bonds. The van der Waals surface area contributed by atoms with Gasteiger partial charge in [-0.1, -0.05) is 6.42 Å². The number of fused-ring (bicyclic) bond motifs is 1. The molecule has 0 spiro atoms. The second-order valence-electron chi connectivity index (χ2n) is 4.99. The highest BCUT2D eigenvalue weighted by Crippen LogP contribution is 2.26. The fourth-order valence-electron chi connectivity index (χ4n) is 2.69. The van der Waals surface area contributed by atoms with Crippen LogP contribution >= 0.6 is 11.3 Å². The number of benzene rings is 1. The maximum absolute atomic E-state index is 12.2. The van der Waals surface area contributed by atoms with Gasteiger partial charge in [-0.25, -0.2) is 4.98 Å². The second kappa shape index (κ2) is 5.27. The quantitative estimate of drug-likeness (QED) is 0.903. The third-order valence-electron chi connectivity index (χ3n) is 3.80. The molecule has 0 aliphatic heterocycles. The van der Waals surface area contributed by atoms with Gasteiger partial charge in [0.1, 0.15) is 0 Å². The zero-order chi connectivity index (χ0) is 13.2. The van der Waals surface area contributed by atoms with Gasteiger partial charge < -0.3 is 10.4 Å². The molecule has 1 saturated carbocycles. The Morgan fingerprint density at radius 1 is 1.47 bits per heavy atom. The van der Waals surface area contributed by atoms with Crippen molar-refractivity contribution in [2.24, 2.45) is 5.92 Å². The minimum atomic E-state index is -0.0550. The molecule has 1 fully saturated rings. The van der Waals surface area contributed by atoms with E-state index in [2.05, 4.69) is 10.3 Å². The van der Waals surface area contributed by atoms with E-state index in [-0.39, 0.29) is 24.5 Å². The standard InChI is InChI=1S/C14H16N2O2S/c17-7-10-2-1-3-11(10)16-14(18)9-4-5-12-13(6-9)19-8-15-12/h4-6,8,10-11,17H,1-3,7H2,(H,16,18). The predicted molar refractivity (Wildman–Crippen MR) is 75.3 cm³/mol. The van der Waals surface area contributed by atoms with Crippen molar-refractivity contribution in [3.8, 4) is 0 Å². The van der Waals surface area contributed by atoms with E-state index in [0.29, 0.717) is 5.56 Å². The Morgan fingerprint density at radius 2 is 2.37 bits per heavy atom. The number of nitrogens with zero attached hydrogens (tertiary/aromatic N) is 1. The molecule has 19 heavy (non-hydrogen) atoms. The number of thiazole rings is 1. The molecule has 1 aromatic heterocycles. The monoisotopic (exact) mass is 276 g/mol. The number of hydrogen-bond acceptors (Lipinski definition) is 4. The van der Waals surface area contributed by atoms with Crippen LogP contribution in [-0.2, 0) is 0 Å². The van der Waals surface area contributed by atoms with Gasteiger partial charge in [0.2, 0.25) is 0 Å². The van der Waals surface area contributed by atoms with Crippen LogP contribution < -0.4 is 5.32 Å². The van der Waals surface area contributed by atoms with E-state index in [0.717, 1.165) is 29.5 Å². The normalized spacial score (nSPS) is 22.8. The molecule has 5 heteroatoms. The molecule has 1 aliphatic rings. The van der Waals surface area contributed by atoms with Crippen molar-refractivity contribution in [1.82, 2.24) is 10.3 Å². The molecule has 100 valence electrons. The SMILES string of the molecule is O=C(NC1CCCC1CO)c1ccc2ncsc2c1. The van der Waals surface area contributed by atoms with Crippen molar-refractivity contribution in [2.75, 3.05) is 6.61 Å². The Labute approximate surface area is 115 Å². The van der Waals surface area contributed by atoms with Crippen LogP contribution in [0.3, 0.4) is 0 Å². The summed E-state index contributed by atoms with van der Waals surface area (Å²) in [5.41, 5.74) is 3.38. The molecule has 2 unspecified atom stereocenters. The van der Waals surface area contributed by atoms with E-state index in [1.54, 1.807) is 11.6 Å². The van der Waals surface area contributed by atoms with Crippen LogP contribution in [-0.4, -0.2) is 28.6 Å². The maximum Gasteiger partial charge on any atom is 0.251 e. The number of nitrogens with one attached hydrogen (secondary N) is 1. The fourth-order valence-corrected chi connectivity index (χ4v) is 3.41. The Morgan fingerprint density at radius 3 is 3.21 bits per heavy atom. The lowest BCUT2D eigenvalue weighted by molar-refractivity contribution is 0.0916. The summed E-state index contributed by atoms with van der Waals surface area (Å²) in [6.07, 6.45) is 3.03. The first-order chi connectivity index (χ1) is 9.28. The van der Waals surface area contributed by atoms with Gasteiger partial charge in [0.15, 0.2) is 0 Å². The average molecular weight is 276 g/mol. The minimum Gasteiger partial charge on any atom is -0.396 e. The predicted octanol–water partition coefficient (Wildman–Crippen LogP) is 2.19.